The molecule has 0 saturated heterocycles. The smallest absolute Gasteiger partial charge is 0.253 e. The summed E-state index contributed by atoms with van der Waals surface area (Å²) in [6, 6.07) is 14.4. The lowest BCUT2D eigenvalue weighted by atomic mass is 9.97. The number of rotatable bonds is 6. The summed E-state index contributed by atoms with van der Waals surface area (Å²) in [6.45, 7) is 3.52. The second-order valence-electron chi connectivity index (χ2n) is 6.31. The van der Waals surface area contributed by atoms with Crippen molar-refractivity contribution in [1.82, 2.24) is 5.32 Å². The van der Waals surface area contributed by atoms with Gasteiger partial charge in [-0.25, -0.2) is 0 Å². The predicted octanol–water partition coefficient (Wildman–Crippen LogP) is 3.98. The van der Waals surface area contributed by atoms with Gasteiger partial charge in [-0.15, -0.1) is 18.8 Å². The molecule has 0 bridgehead atoms. The Morgan fingerprint density at radius 3 is 2.15 bits per heavy atom. The zero-order valence-electron chi connectivity index (χ0n) is 15.4. The Morgan fingerprint density at radius 1 is 1.11 bits per heavy atom. The van der Waals surface area contributed by atoms with Crippen LogP contribution in [0.2, 0.25) is 5.02 Å². The molecule has 0 aliphatic heterocycles. The summed E-state index contributed by atoms with van der Waals surface area (Å²) in [4.78, 5) is 27.6. The van der Waals surface area contributed by atoms with Gasteiger partial charge >= 0.3 is 0 Å². The van der Waals surface area contributed by atoms with Gasteiger partial charge in [0.2, 0.25) is 0 Å². The molecule has 2 aromatic rings. The number of nitrogens with one attached hydrogen (secondary N) is 1. The summed E-state index contributed by atoms with van der Waals surface area (Å²) in [5.74, 6) is 1.87. The molecule has 1 atom stereocenters. The minimum Gasteiger partial charge on any atom is -0.302 e. The number of benzene rings is 2. The molecule has 0 heterocycles. The lowest BCUT2D eigenvalue weighted by molar-refractivity contribution is -0.120. The van der Waals surface area contributed by atoms with Crippen molar-refractivity contribution in [2.24, 2.45) is 0 Å². The lowest BCUT2D eigenvalue weighted by Gasteiger charge is -2.36. The summed E-state index contributed by atoms with van der Waals surface area (Å²) in [6.07, 6.45) is 5.66. The van der Waals surface area contributed by atoms with E-state index in [4.69, 9.17) is 18.0 Å². The molecule has 0 radical (unpaired) electrons. The molecule has 0 aliphatic carbocycles. The average molecular weight is 405 g/mol. The summed E-state index contributed by atoms with van der Waals surface area (Å²) in [5.41, 5.74) is 0.117. The molecule has 2 rings (SSSR count). The zero-order chi connectivity index (χ0) is 19.3. The van der Waals surface area contributed by atoms with Crippen LogP contribution in [0.25, 0.3) is 0 Å². The van der Waals surface area contributed by atoms with Crippen LogP contribution in [0.1, 0.15) is 24.2 Å². The molecule has 4 nitrogen and oxygen atoms in total. The first kappa shape index (κ1) is 22.7. The monoisotopic (exact) mass is 404 g/mol. The number of para-hydroxylation sites is 1. The summed E-state index contributed by atoms with van der Waals surface area (Å²) >= 11 is 5.88. The number of hydrogen-bond acceptors (Lipinski definition) is 3. The topological polar surface area (TPSA) is 49.4 Å². The van der Waals surface area contributed by atoms with Crippen molar-refractivity contribution in [1.29, 1.82) is 0 Å². The van der Waals surface area contributed by atoms with Crippen molar-refractivity contribution >= 4 is 41.4 Å². The molecule has 0 saturated carbocycles. The van der Waals surface area contributed by atoms with E-state index in [1.165, 1.54) is 4.90 Å². The molecule has 27 heavy (non-hydrogen) atoms. The Labute approximate surface area is 171 Å². The third kappa shape index (κ3) is 5.11. The van der Waals surface area contributed by atoms with Crippen molar-refractivity contribution in [3.8, 4) is 12.3 Å². The fourth-order valence-corrected chi connectivity index (χ4v) is 2.77. The highest BCUT2D eigenvalue weighted by molar-refractivity contribution is 6.30. The van der Waals surface area contributed by atoms with Gasteiger partial charge < -0.3 is 5.32 Å². The van der Waals surface area contributed by atoms with Gasteiger partial charge in [-0.05, 0) is 57.3 Å². The number of carbonyl (C=O) groups excluding carboxylic acids is 2. The number of anilines is 1. The maximum Gasteiger partial charge on any atom is 0.253 e. The fourth-order valence-electron chi connectivity index (χ4n) is 2.64. The van der Waals surface area contributed by atoms with Crippen molar-refractivity contribution < 1.29 is 9.59 Å². The van der Waals surface area contributed by atoms with Crippen LogP contribution in [0.4, 0.5) is 5.69 Å². The maximum absolute atomic E-state index is 13.3. The first-order valence-corrected chi connectivity index (χ1v) is 8.53. The van der Waals surface area contributed by atoms with Crippen LogP contribution in [0.3, 0.4) is 0 Å². The highest BCUT2D eigenvalue weighted by Gasteiger charge is 2.37. The number of halogens is 2. The van der Waals surface area contributed by atoms with Gasteiger partial charge in [-0.2, -0.15) is 0 Å². The van der Waals surface area contributed by atoms with Crippen LogP contribution in [-0.2, 0) is 4.79 Å². The first-order chi connectivity index (χ1) is 12.3. The van der Waals surface area contributed by atoms with Crippen molar-refractivity contribution in [2.45, 2.75) is 25.4 Å². The number of Topliss-reactive ketones (excluding diaryl/α,β-unsaturated/α-hetero) is 1. The van der Waals surface area contributed by atoms with E-state index in [0.717, 1.165) is 0 Å². The Kier molecular flexibility index (Phi) is 8.05. The van der Waals surface area contributed by atoms with E-state index in [2.05, 4.69) is 11.2 Å². The molecule has 0 fully saturated rings. The van der Waals surface area contributed by atoms with Gasteiger partial charge in [0.15, 0.2) is 11.8 Å². The Hall–Kier alpha value is -2.32. The van der Waals surface area contributed by atoms with Gasteiger partial charge in [0, 0.05) is 16.3 Å². The molecule has 0 aliphatic rings. The third-order valence-electron chi connectivity index (χ3n) is 4.07. The molecular weight excluding hydrogens is 383 g/mol. The number of amides is 1. The molecule has 0 spiro atoms. The molecule has 2 aromatic carbocycles. The standard InChI is InChI=1S/C21H21ClN2O2.ClH/c1-5-21(2,3)24(17-9-7-6-8-10-17)20(26)18(23-4)19(25)15-11-13-16(22)14-12-15;/h1,6-14,18,23H,2-4H3;1H. The second kappa shape index (κ2) is 9.57. The highest BCUT2D eigenvalue weighted by atomic mass is 35.5. The molecule has 1 amide bonds. The number of carbonyl (C=O) groups is 2. The largest absolute Gasteiger partial charge is 0.302 e. The number of terminal acetylenes is 1. The average Bonchev–Trinajstić information content (AvgIpc) is 2.63. The molecule has 1 unspecified atom stereocenters. The number of hydrogen-bond donors (Lipinski definition) is 1. The van der Waals surface area contributed by atoms with Crippen molar-refractivity contribution in [3.05, 3.63) is 65.2 Å². The number of ketones is 1. The van der Waals surface area contributed by atoms with Gasteiger partial charge in [-0.3, -0.25) is 14.5 Å². The van der Waals surface area contributed by atoms with E-state index in [9.17, 15) is 9.59 Å². The minimum atomic E-state index is -1.07. The zero-order valence-corrected chi connectivity index (χ0v) is 17.0. The van der Waals surface area contributed by atoms with Crippen LogP contribution in [0, 0.1) is 12.3 Å². The van der Waals surface area contributed by atoms with Gasteiger partial charge in [0.1, 0.15) is 5.54 Å². The Balaban J connectivity index is 0.00000364. The maximum atomic E-state index is 13.3. The van der Waals surface area contributed by atoms with Crippen LogP contribution in [-0.4, -0.2) is 30.3 Å². The first-order valence-electron chi connectivity index (χ1n) is 8.15. The highest BCUT2D eigenvalue weighted by Crippen LogP contribution is 2.25. The van der Waals surface area contributed by atoms with E-state index in [-0.39, 0.29) is 18.2 Å². The molecule has 142 valence electrons. The molecule has 6 heteroatoms. The normalized spacial score (nSPS) is 11.7. The third-order valence-corrected chi connectivity index (χ3v) is 4.33. The van der Waals surface area contributed by atoms with Crippen LogP contribution in [0.5, 0.6) is 0 Å². The van der Waals surface area contributed by atoms with E-state index in [0.29, 0.717) is 16.3 Å². The number of nitrogens with zero attached hydrogens (tertiary/aromatic N) is 1. The van der Waals surface area contributed by atoms with E-state index < -0.39 is 17.5 Å². The van der Waals surface area contributed by atoms with Gasteiger partial charge in [0.05, 0.1) is 0 Å². The summed E-state index contributed by atoms with van der Waals surface area (Å²) in [7, 11) is 1.57. The second-order valence-corrected chi connectivity index (χ2v) is 6.74. The molecule has 0 aromatic heterocycles. The molecular formula is C21H22Cl2N2O2. The van der Waals surface area contributed by atoms with Crippen LogP contribution in [0.15, 0.2) is 54.6 Å². The predicted molar refractivity (Wildman–Crippen MR) is 113 cm³/mol. The number of likely N-dealkylation sites (N-methyl/N-ethyl adjacent to an activating group) is 1. The SMILES string of the molecule is C#CC(C)(C)N(C(=O)C(NC)C(=O)c1ccc(Cl)cc1)c1ccccc1.Cl. The lowest BCUT2D eigenvalue weighted by Crippen LogP contribution is -2.56. The molecule has 1 N–H and O–H groups in total. The minimum absolute atomic E-state index is 0. The van der Waals surface area contributed by atoms with Gasteiger partial charge in [0.25, 0.3) is 5.91 Å². The summed E-state index contributed by atoms with van der Waals surface area (Å²) in [5, 5.41) is 3.34. The van der Waals surface area contributed by atoms with E-state index in [1.807, 2.05) is 18.2 Å². The fraction of sp³-hybridized carbons (Fsp3) is 0.238. The van der Waals surface area contributed by atoms with E-state index in [1.54, 1.807) is 57.3 Å². The van der Waals surface area contributed by atoms with Crippen molar-refractivity contribution in [3.63, 3.8) is 0 Å². The summed E-state index contributed by atoms with van der Waals surface area (Å²) < 4.78 is 0. The Morgan fingerprint density at radius 2 is 1.67 bits per heavy atom. The van der Waals surface area contributed by atoms with Gasteiger partial charge in [-0.1, -0.05) is 35.7 Å². The van der Waals surface area contributed by atoms with E-state index >= 15 is 0 Å². The van der Waals surface area contributed by atoms with Crippen LogP contribution < -0.4 is 10.2 Å². The van der Waals surface area contributed by atoms with Crippen LogP contribution >= 0.6 is 24.0 Å². The Bertz CT molecular complexity index is 828. The quantitative estimate of drug-likeness (QED) is 0.450. The van der Waals surface area contributed by atoms with Crippen molar-refractivity contribution in [2.75, 3.05) is 11.9 Å².